The minimum Gasteiger partial charge on any atom is -0.444 e. The second-order valence-electron chi connectivity index (χ2n) is 11.4. The molecule has 6 heterocycles. The van der Waals surface area contributed by atoms with Crippen LogP contribution in [0.4, 0.5) is 4.79 Å². The minimum atomic E-state index is -0.484. The molecule has 6 rings (SSSR count). The Morgan fingerprint density at radius 2 is 1.45 bits per heavy atom. The van der Waals surface area contributed by atoms with Gasteiger partial charge < -0.3 is 15.0 Å². The summed E-state index contributed by atoms with van der Waals surface area (Å²) in [4.78, 5) is 16.7. The van der Waals surface area contributed by atoms with E-state index in [9.17, 15) is 4.79 Å². The highest BCUT2D eigenvalue weighted by Gasteiger charge is 2.34. The van der Waals surface area contributed by atoms with E-state index in [4.69, 9.17) is 4.74 Å². The van der Waals surface area contributed by atoms with Gasteiger partial charge in [-0.15, -0.1) is 22.7 Å². The number of aromatic nitrogens is 4. The van der Waals surface area contributed by atoms with Crippen molar-refractivity contribution in [3.63, 3.8) is 0 Å². The standard InChI is InChI=1S/C17H23N3O2S.C12H15N3S.CH4.2H2S/c1-11-9-13-12(10-20(11)16(21)22-17(2,3)4)15(18-19(13)5)14-7-6-8-23-14;1-8-6-10-9(7-13-8)12(14-15(10)2)11-4-3-5-16-11;;;/h6-8,11H,9-10H2,1-5H3;3-5,8,13H,6-7H2,1-2H3;1H4;2*1H2/t11-;8-;;;/m00.../s1. The highest BCUT2D eigenvalue weighted by Crippen LogP contribution is 2.34. The van der Waals surface area contributed by atoms with Crippen molar-refractivity contribution in [1.29, 1.82) is 0 Å². The van der Waals surface area contributed by atoms with Gasteiger partial charge in [0.05, 0.1) is 16.3 Å². The predicted octanol–water partition coefficient (Wildman–Crippen LogP) is 6.87. The molecule has 0 spiro atoms. The topological polar surface area (TPSA) is 77.2 Å². The quantitative estimate of drug-likeness (QED) is 0.256. The van der Waals surface area contributed by atoms with Crippen LogP contribution in [0, 0.1) is 0 Å². The van der Waals surface area contributed by atoms with Crippen molar-refractivity contribution in [3.05, 3.63) is 57.5 Å². The Labute approximate surface area is 272 Å². The SMILES string of the molecule is C.C[C@H]1Cc2c(c(-c3cccs3)nn2C)CN1.C[C@H]1Cc2c(c(-c3cccs3)nn2C)CN1C(=O)OC(C)(C)C.S.S. The molecule has 232 valence electrons. The van der Waals surface area contributed by atoms with Gasteiger partial charge in [0, 0.05) is 68.1 Å². The van der Waals surface area contributed by atoms with Crippen LogP contribution in [0.5, 0.6) is 0 Å². The molecule has 42 heavy (non-hydrogen) atoms. The molecular weight excluding hydrogens is 605 g/mol. The monoisotopic (exact) mass is 650 g/mol. The molecule has 0 aliphatic carbocycles. The van der Waals surface area contributed by atoms with Crippen molar-refractivity contribution in [2.45, 2.75) is 85.7 Å². The Balaban J connectivity index is 0.000000288. The van der Waals surface area contributed by atoms with Gasteiger partial charge in [-0.2, -0.15) is 37.2 Å². The van der Waals surface area contributed by atoms with E-state index >= 15 is 0 Å². The number of carbonyl (C=O) groups is 1. The molecule has 1 N–H and O–H groups in total. The lowest BCUT2D eigenvalue weighted by Crippen LogP contribution is -2.45. The van der Waals surface area contributed by atoms with Crippen LogP contribution in [0.2, 0.25) is 0 Å². The molecular formula is C30H46N6O2S4. The van der Waals surface area contributed by atoms with E-state index in [1.165, 1.54) is 21.8 Å². The van der Waals surface area contributed by atoms with E-state index in [1.807, 2.05) is 60.6 Å². The summed E-state index contributed by atoms with van der Waals surface area (Å²) in [6.45, 7) is 11.5. The van der Waals surface area contributed by atoms with E-state index in [2.05, 4.69) is 52.9 Å². The zero-order valence-corrected chi connectivity index (χ0v) is 28.4. The summed E-state index contributed by atoms with van der Waals surface area (Å²) >= 11 is 3.43. The summed E-state index contributed by atoms with van der Waals surface area (Å²) in [7, 11) is 4.03. The van der Waals surface area contributed by atoms with Crippen molar-refractivity contribution in [3.8, 4) is 21.1 Å². The number of hydrogen-bond donors (Lipinski definition) is 1. The number of thiophene rings is 2. The van der Waals surface area contributed by atoms with Crippen molar-refractivity contribution in [2.75, 3.05) is 0 Å². The number of carbonyl (C=O) groups excluding carboxylic acids is 1. The van der Waals surface area contributed by atoms with Crippen LogP contribution in [-0.2, 0) is 44.8 Å². The lowest BCUT2D eigenvalue weighted by molar-refractivity contribution is 0.0136. The van der Waals surface area contributed by atoms with Crippen LogP contribution in [0.15, 0.2) is 35.0 Å². The Morgan fingerprint density at radius 1 is 0.929 bits per heavy atom. The first-order valence-electron chi connectivity index (χ1n) is 13.4. The second kappa shape index (κ2) is 14.5. The first-order valence-corrected chi connectivity index (χ1v) is 15.2. The van der Waals surface area contributed by atoms with Crippen LogP contribution in [0.1, 0.15) is 64.6 Å². The molecule has 4 aromatic rings. The van der Waals surface area contributed by atoms with E-state index in [1.54, 1.807) is 22.7 Å². The first-order chi connectivity index (χ1) is 18.5. The molecule has 12 heteroatoms. The van der Waals surface area contributed by atoms with E-state index in [-0.39, 0.29) is 46.6 Å². The Morgan fingerprint density at radius 3 is 1.95 bits per heavy atom. The van der Waals surface area contributed by atoms with Gasteiger partial charge in [0.15, 0.2) is 0 Å². The summed E-state index contributed by atoms with van der Waals surface area (Å²) in [6.07, 6.45) is 1.62. The summed E-state index contributed by atoms with van der Waals surface area (Å²) in [6, 6.07) is 8.98. The van der Waals surface area contributed by atoms with Crippen LogP contribution < -0.4 is 5.32 Å². The molecule has 0 unspecified atom stereocenters. The number of amides is 1. The summed E-state index contributed by atoms with van der Waals surface area (Å²) in [5.74, 6) is 0. The normalized spacial score (nSPS) is 17.4. The number of rotatable bonds is 2. The number of ether oxygens (including phenoxy) is 1. The largest absolute Gasteiger partial charge is 0.444 e. The van der Waals surface area contributed by atoms with Gasteiger partial charge >= 0.3 is 6.09 Å². The van der Waals surface area contributed by atoms with Gasteiger partial charge in [-0.25, -0.2) is 4.79 Å². The number of hydrogen-bond acceptors (Lipinski definition) is 7. The van der Waals surface area contributed by atoms with Crippen molar-refractivity contribution >= 4 is 55.8 Å². The van der Waals surface area contributed by atoms with Crippen molar-refractivity contribution < 1.29 is 9.53 Å². The molecule has 8 nitrogen and oxygen atoms in total. The van der Waals surface area contributed by atoms with E-state index in [0.717, 1.165) is 41.2 Å². The second-order valence-corrected chi connectivity index (χ2v) is 13.3. The van der Waals surface area contributed by atoms with Gasteiger partial charge in [-0.3, -0.25) is 9.36 Å². The smallest absolute Gasteiger partial charge is 0.410 e. The molecule has 2 atom stereocenters. The highest BCUT2D eigenvalue weighted by molar-refractivity contribution is 7.59. The van der Waals surface area contributed by atoms with Crippen molar-refractivity contribution in [2.24, 2.45) is 14.1 Å². The average Bonchev–Trinajstić information content (AvgIpc) is 3.66. The fourth-order valence-corrected chi connectivity index (χ4v) is 6.68. The Hall–Kier alpha value is -2.25. The van der Waals surface area contributed by atoms with Crippen LogP contribution in [0.3, 0.4) is 0 Å². The van der Waals surface area contributed by atoms with Crippen molar-refractivity contribution in [1.82, 2.24) is 29.8 Å². The maximum atomic E-state index is 12.5. The molecule has 0 aromatic carbocycles. The zero-order chi connectivity index (χ0) is 27.9. The molecule has 0 saturated carbocycles. The molecule has 0 radical (unpaired) electrons. The molecule has 1 amide bonds. The van der Waals surface area contributed by atoms with Gasteiger partial charge in [0.1, 0.15) is 17.0 Å². The fourth-order valence-electron chi connectivity index (χ4n) is 5.21. The van der Waals surface area contributed by atoms with E-state index in [0.29, 0.717) is 12.6 Å². The first kappa shape index (κ1) is 35.9. The molecule has 2 aliphatic rings. The fraction of sp³-hybridized carbons (Fsp3) is 0.500. The van der Waals surface area contributed by atoms with Crippen LogP contribution in [-0.4, -0.2) is 48.2 Å². The van der Waals surface area contributed by atoms with Gasteiger partial charge in [-0.1, -0.05) is 19.6 Å². The summed E-state index contributed by atoms with van der Waals surface area (Å²) in [5, 5.41) is 17.0. The predicted molar refractivity (Wildman–Crippen MR) is 185 cm³/mol. The Kier molecular flexibility index (Phi) is 12.4. The Bertz CT molecular complexity index is 1440. The van der Waals surface area contributed by atoms with E-state index < -0.39 is 5.60 Å². The zero-order valence-electron chi connectivity index (χ0n) is 24.8. The van der Waals surface area contributed by atoms with Gasteiger partial charge in [0.2, 0.25) is 0 Å². The maximum absolute atomic E-state index is 12.5. The number of nitrogens with zero attached hydrogens (tertiary/aromatic N) is 5. The third-order valence-corrected chi connectivity index (χ3v) is 8.92. The van der Waals surface area contributed by atoms with Gasteiger partial charge in [0.25, 0.3) is 0 Å². The maximum Gasteiger partial charge on any atom is 0.410 e. The molecule has 4 aromatic heterocycles. The van der Waals surface area contributed by atoms with Gasteiger partial charge in [-0.05, 0) is 57.5 Å². The summed E-state index contributed by atoms with van der Waals surface area (Å²) in [5.41, 5.74) is 6.77. The molecule has 0 saturated heterocycles. The number of aryl methyl sites for hydroxylation is 2. The molecule has 2 aliphatic heterocycles. The summed E-state index contributed by atoms with van der Waals surface area (Å²) < 4.78 is 9.56. The lowest BCUT2D eigenvalue weighted by Gasteiger charge is -2.35. The highest BCUT2D eigenvalue weighted by atomic mass is 32.1. The number of fused-ring (bicyclic) bond motifs is 2. The average molecular weight is 651 g/mol. The number of nitrogens with one attached hydrogen (secondary N) is 1. The third-order valence-electron chi connectivity index (χ3n) is 7.16. The minimum absolute atomic E-state index is 0. The van der Waals surface area contributed by atoms with Crippen LogP contribution in [0.25, 0.3) is 21.1 Å². The molecule has 0 fully saturated rings. The third kappa shape index (κ3) is 7.63. The van der Waals surface area contributed by atoms with Crippen LogP contribution >= 0.6 is 49.7 Å². The lowest BCUT2D eigenvalue weighted by atomic mass is 9.99. The molecule has 0 bridgehead atoms.